The van der Waals surface area contributed by atoms with Gasteiger partial charge in [-0.05, 0) is 41.3 Å². The van der Waals surface area contributed by atoms with Gasteiger partial charge in [0, 0.05) is 24.6 Å². The molecule has 0 saturated heterocycles. The highest BCUT2D eigenvalue weighted by atomic mass is 16.2. The van der Waals surface area contributed by atoms with E-state index in [4.69, 9.17) is 0 Å². The lowest BCUT2D eigenvalue weighted by molar-refractivity contribution is -0.114. The Labute approximate surface area is 164 Å². The lowest BCUT2D eigenvalue weighted by Crippen LogP contribution is -2.30. The number of Topliss-reactive ketones (excluding diaryl/α,β-unsaturated/α-hetero) is 1. The van der Waals surface area contributed by atoms with Crippen molar-refractivity contribution in [2.45, 2.75) is 12.8 Å². The van der Waals surface area contributed by atoms with Gasteiger partial charge in [0.1, 0.15) is 0 Å². The largest absolute Gasteiger partial charge is 0.308 e. The highest BCUT2D eigenvalue weighted by Gasteiger charge is 2.23. The number of fused-ring (bicyclic) bond motifs is 1. The van der Waals surface area contributed by atoms with Crippen molar-refractivity contribution in [3.8, 4) is 11.1 Å². The molecule has 28 heavy (non-hydrogen) atoms. The van der Waals surface area contributed by atoms with E-state index in [0.29, 0.717) is 30.6 Å². The van der Waals surface area contributed by atoms with Crippen LogP contribution in [0.4, 0.5) is 5.69 Å². The molecule has 0 radical (unpaired) electrons. The molecule has 1 aliphatic rings. The maximum absolute atomic E-state index is 12.8. The number of hydrogen-bond donors (Lipinski definition) is 0. The highest BCUT2D eigenvalue weighted by molar-refractivity contribution is 6.10. The standard InChI is InChI=1S/C25H21NO2/c27-24-11-6-18-26(23-10-5-4-9-22(23)24)25(28)17-14-19-12-15-21(16-13-19)20-7-2-1-3-8-20/h1-5,7-10,12-17H,6,11,18H2/b17-14+. The minimum absolute atomic E-state index is 0.103. The van der Waals surface area contributed by atoms with E-state index in [1.54, 1.807) is 17.0 Å². The Bertz CT molecular complexity index is 1020. The molecule has 0 unspecified atom stereocenters. The van der Waals surface area contributed by atoms with Crippen molar-refractivity contribution in [2.24, 2.45) is 0 Å². The molecule has 3 aromatic carbocycles. The van der Waals surface area contributed by atoms with E-state index >= 15 is 0 Å². The number of rotatable bonds is 3. The lowest BCUT2D eigenvalue weighted by Gasteiger charge is -2.20. The molecule has 3 heteroatoms. The minimum Gasteiger partial charge on any atom is -0.308 e. The van der Waals surface area contributed by atoms with E-state index in [9.17, 15) is 9.59 Å². The van der Waals surface area contributed by atoms with Gasteiger partial charge in [0.2, 0.25) is 0 Å². The van der Waals surface area contributed by atoms with E-state index in [1.165, 1.54) is 5.56 Å². The molecule has 3 nitrogen and oxygen atoms in total. The number of amides is 1. The Balaban J connectivity index is 1.53. The van der Waals surface area contributed by atoms with E-state index in [1.807, 2.05) is 54.6 Å². The zero-order valence-corrected chi connectivity index (χ0v) is 15.5. The molecule has 0 saturated carbocycles. The normalized spacial score (nSPS) is 14.0. The fourth-order valence-electron chi connectivity index (χ4n) is 3.50. The molecular formula is C25H21NO2. The van der Waals surface area contributed by atoms with Crippen molar-refractivity contribution in [3.63, 3.8) is 0 Å². The predicted molar refractivity (Wildman–Crippen MR) is 113 cm³/mol. The van der Waals surface area contributed by atoms with Crippen LogP contribution in [0.3, 0.4) is 0 Å². The second-order valence-corrected chi connectivity index (χ2v) is 6.86. The number of anilines is 1. The Morgan fingerprint density at radius 1 is 0.821 bits per heavy atom. The van der Waals surface area contributed by atoms with Crippen LogP contribution in [0, 0.1) is 0 Å². The Morgan fingerprint density at radius 2 is 1.50 bits per heavy atom. The summed E-state index contributed by atoms with van der Waals surface area (Å²) in [5, 5.41) is 0. The predicted octanol–water partition coefficient (Wildman–Crippen LogP) is 5.38. The smallest absolute Gasteiger partial charge is 0.251 e. The van der Waals surface area contributed by atoms with Crippen molar-refractivity contribution in [3.05, 3.63) is 96.1 Å². The summed E-state index contributed by atoms with van der Waals surface area (Å²) in [6.45, 7) is 0.554. The Kier molecular flexibility index (Phi) is 5.16. The first-order valence-corrected chi connectivity index (χ1v) is 9.50. The molecule has 4 rings (SSSR count). The van der Waals surface area contributed by atoms with Gasteiger partial charge in [-0.3, -0.25) is 9.59 Å². The molecule has 0 fully saturated rings. The monoisotopic (exact) mass is 367 g/mol. The number of benzene rings is 3. The van der Waals surface area contributed by atoms with Crippen LogP contribution in [0.15, 0.2) is 84.9 Å². The number of ketones is 1. The van der Waals surface area contributed by atoms with Crippen molar-refractivity contribution in [1.82, 2.24) is 0 Å². The van der Waals surface area contributed by atoms with Crippen LogP contribution < -0.4 is 4.90 Å². The van der Waals surface area contributed by atoms with Gasteiger partial charge in [-0.25, -0.2) is 0 Å². The van der Waals surface area contributed by atoms with Crippen LogP contribution in [0.5, 0.6) is 0 Å². The van der Waals surface area contributed by atoms with Crippen LogP contribution in [0.2, 0.25) is 0 Å². The lowest BCUT2D eigenvalue weighted by atomic mass is 10.0. The van der Waals surface area contributed by atoms with Crippen molar-refractivity contribution >= 4 is 23.5 Å². The summed E-state index contributed by atoms with van der Waals surface area (Å²) >= 11 is 0. The third-order valence-corrected chi connectivity index (χ3v) is 4.98. The number of carbonyl (C=O) groups excluding carboxylic acids is 2. The summed E-state index contributed by atoms with van der Waals surface area (Å²) in [6, 6.07) is 25.7. The van der Waals surface area contributed by atoms with Crippen molar-refractivity contribution < 1.29 is 9.59 Å². The second-order valence-electron chi connectivity index (χ2n) is 6.86. The molecular weight excluding hydrogens is 346 g/mol. The van der Waals surface area contributed by atoms with Gasteiger partial charge in [0.25, 0.3) is 5.91 Å². The summed E-state index contributed by atoms with van der Waals surface area (Å²) in [6.07, 6.45) is 4.57. The minimum atomic E-state index is -0.103. The molecule has 3 aromatic rings. The number of para-hydroxylation sites is 1. The number of carbonyl (C=O) groups is 2. The zero-order chi connectivity index (χ0) is 19.3. The Hall–Kier alpha value is -3.46. The van der Waals surface area contributed by atoms with Crippen LogP contribution in [-0.2, 0) is 4.79 Å². The third-order valence-electron chi connectivity index (χ3n) is 4.98. The molecule has 0 aromatic heterocycles. The molecule has 1 aliphatic heterocycles. The Morgan fingerprint density at radius 3 is 2.29 bits per heavy atom. The maximum Gasteiger partial charge on any atom is 0.251 e. The average molecular weight is 367 g/mol. The summed E-state index contributed by atoms with van der Waals surface area (Å²) in [4.78, 5) is 26.8. The van der Waals surface area contributed by atoms with Gasteiger partial charge >= 0.3 is 0 Å². The first-order chi connectivity index (χ1) is 13.7. The third kappa shape index (κ3) is 3.79. The molecule has 1 heterocycles. The average Bonchev–Trinajstić information content (AvgIpc) is 2.92. The van der Waals surface area contributed by atoms with E-state index in [-0.39, 0.29) is 11.7 Å². The van der Waals surface area contributed by atoms with Crippen LogP contribution >= 0.6 is 0 Å². The van der Waals surface area contributed by atoms with Crippen LogP contribution in [0.25, 0.3) is 17.2 Å². The topological polar surface area (TPSA) is 37.4 Å². The van der Waals surface area contributed by atoms with Gasteiger partial charge in [-0.2, -0.15) is 0 Å². The summed E-state index contributed by atoms with van der Waals surface area (Å²) in [5.74, 6) is 0.000617. The highest BCUT2D eigenvalue weighted by Crippen LogP contribution is 2.26. The fraction of sp³-hybridized carbons (Fsp3) is 0.120. The van der Waals surface area contributed by atoms with Gasteiger partial charge in [0.05, 0.1) is 5.69 Å². The quantitative estimate of drug-likeness (QED) is 0.583. The molecule has 0 spiro atoms. The SMILES string of the molecule is O=C1CCCN(C(=O)/C=C/c2ccc(-c3ccccc3)cc2)c2ccccc21. The molecule has 0 N–H and O–H groups in total. The van der Waals surface area contributed by atoms with Gasteiger partial charge in [-0.15, -0.1) is 0 Å². The second kappa shape index (κ2) is 8.05. The molecule has 1 amide bonds. The summed E-state index contributed by atoms with van der Waals surface area (Å²) in [7, 11) is 0. The van der Waals surface area contributed by atoms with Gasteiger partial charge < -0.3 is 4.90 Å². The van der Waals surface area contributed by atoms with E-state index in [0.717, 1.165) is 11.1 Å². The molecule has 0 atom stereocenters. The zero-order valence-electron chi connectivity index (χ0n) is 15.5. The van der Waals surface area contributed by atoms with Gasteiger partial charge in [-0.1, -0.05) is 66.7 Å². The first-order valence-electron chi connectivity index (χ1n) is 9.50. The summed E-state index contributed by atoms with van der Waals surface area (Å²) < 4.78 is 0. The van der Waals surface area contributed by atoms with Crippen molar-refractivity contribution in [2.75, 3.05) is 11.4 Å². The first kappa shape index (κ1) is 17.9. The van der Waals surface area contributed by atoms with Gasteiger partial charge in [0.15, 0.2) is 5.78 Å². The van der Waals surface area contributed by atoms with Crippen LogP contribution in [0.1, 0.15) is 28.8 Å². The van der Waals surface area contributed by atoms with Crippen LogP contribution in [-0.4, -0.2) is 18.2 Å². The summed E-state index contributed by atoms with van der Waals surface area (Å²) in [5.41, 5.74) is 4.62. The van der Waals surface area contributed by atoms with E-state index in [2.05, 4.69) is 24.3 Å². The maximum atomic E-state index is 12.8. The molecule has 0 bridgehead atoms. The number of nitrogens with zero attached hydrogens (tertiary/aromatic N) is 1. The van der Waals surface area contributed by atoms with Crippen molar-refractivity contribution in [1.29, 1.82) is 0 Å². The fourth-order valence-corrected chi connectivity index (χ4v) is 3.50. The molecule has 138 valence electrons. The molecule has 0 aliphatic carbocycles. The number of hydrogen-bond acceptors (Lipinski definition) is 2. The van der Waals surface area contributed by atoms with E-state index < -0.39 is 0 Å².